The Morgan fingerprint density at radius 3 is 2.35 bits per heavy atom. The first-order valence-corrected chi connectivity index (χ1v) is 20.3. The summed E-state index contributed by atoms with van der Waals surface area (Å²) in [6.45, 7) is 17.7. The van der Waals surface area contributed by atoms with E-state index in [1.165, 1.54) is 4.90 Å². The van der Waals surface area contributed by atoms with Gasteiger partial charge in [0, 0.05) is 25.1 Å². The Balaban J connectivity index is 1.41. The van der Waals surface area contributed by atoms with Crippen LogP contribution < -0.4 is 15.4 Å². The molecule has 5 rings (SSSR count). The topological polar surface area (TPSA) is 178 Å². The van der Waals surface area contributed by atoms with Crippen LogP contribution >= 0.6 is 0 Å². The summed E-state index contributed by atoms with van der Waals surface area (Å²) in [7, 11) is -3.99. The molecule has 1 aliphatic heterocycles. The summed E-state index contributed by atoms with van der Waals surface area (Å²) in [5.74, 6) is -2.31. The number of para-hydroxylation sites is 1. The maximum atomic E-state index is 14.5. The third-order valence-electron chi connectivity index (χ3n) is 10.3. The molecule has 3 aliphatic rings. The van der Waals surface area contributed by atoms with Crippen LogP contribution in [0.2, 0.25) is 0 Å². The fourth-order valence-corrected chi connectivity index (χ4v) is 8.00. The second-order valence-electron chi connectivity index (χ2n) is 17.3. The average Bonchev–Trinajstić information content (AvgIpc) is 3.52. The van der Waals surface area contributed by atoms with E-state index in [2.05, 4.69) is 26.9 Å². The van der Waals surface area contributed by atoms with Gasteiger partial charge < -0.3 is 29.6 Å². The van der Waals surface area contributed by atoms with Crippen molar-refractivity contribution in [2.45, 2.75) is 128 Å². The number of rotatable bonds is 13. The number of ether oxygens (including phenoxy) is 2. The largest absolute Gasteiger partial charge is 0.444 e. The number of sulfonamides is 1. The van der Waals surface area contributed by atoms with Gasteiger partial charge in [-0.05, 0) is 76.5 Å². The third-order valence-corrected chi connectivity index (χ3v) is 12.4. The summed E-state index contributed by atoms with van der Waals surface area (Å²) in [6.07, 6.45) is 6.87. The maximum Gasteiger partial charge on any atom is 0.408 e. The van der Waals surface area contributed by atoms with Gasteiger partial charge in [0.2, 0.25) is 21.8 Å². The third kappa shape index (κ3) is 10.0. The van der Waals surface area contributed by atoms with Crippen LogP contribution in [0.3, 0.4) is 0 Å². The zero-order valence-electron chi connectivity index (χ0n) is 33.1. The molecule has 4 amide bonds. The Hall–Kier alpha value is -4.50. The number of nitrogens with zero attached hydrogens (tertiary/aromatic N) is 3. The summed E-state index contributed by atoms with van der Waals surface area (Å²) in [5, 5.41) is 5.49. The molecule has 0 radical (unpaired) electrons. The molecule has 300 valence electrons. The molecule has 1 saturated heterocycles. The molecule has 15 heteroatoms. The van der Waals surface area contributed by atoms with Crippen LogP contribution in [0.25, 0.3) is 11.8 Å². The van der Waals surface area contributed by atoms with Crippen LogP contribution in [0.5, 0.6) is 0 Å². The van der Waals surface area contributed by atoms with Gasteiger partial charge in [-0.1, -0.05) is 58.0 Å². The van der Waals surface area contributed by atoms with E-state index in [4.69, 9.17) is 9.47 Å². The molecule has 2 heterocycles. The van der Waals surface area contributed by atoms with Crippen molar-refractivity contribution in [3.05, 3.63) is 66.8 Å². The number of allylic oxidation sites excluding steroid dienone is 1. The Kier molecular flexibility index (Phi) is 12.1. The minimum Gasteiger partial charge on any atom is -0.444 e. The Morgan fingerprint density at radius 1 is 1.07 bits per heavy atom. The van der Waals surface area contributed by atoms with Gasteiger partial charge >= 0.3 is 6.09 Å². The number of hydrogen-bond acceptors (Lipinski definition) is 9. The van der Waals surface area contributed by atoms with Gasteiger partial charge in [-0.25, -0.2) is 18.2 Å². The normalized spacial score (nSPS) is 22.1. The predicted octanol–water partition coefficient (Wildman–Crippen LogP) is 4.43. The lowest BCUT2D eigenvalue weighted by Gasteiger charge is -2.36. The number of carbonyl (C=O) groups excluding carboxylic acids is 4. The Bertz CT molecular complexity index is 1910. The number of imidazole rings is 1. The van der Waals surface area contributed by atoms with E-state index in [1.807, 2.05) is 47.1 Å². The molecule has 6 atom stereocenters. The van der Waals surface area contributed by atoms with Crippen molar-refractivity contribution in [1.82, 2.24) is 29.8 Å². The number of likely N-dealkylation sites (tertiary alicyclic amines) is 1. The molecule has 0 spiro atoms. The quantitative estimate of drug-likeness (QED) is 0.248. The highest BCUT2D eigenvalue weighted by molar-refractivity contribution is 7.91. The van der Waals surface area contributed by atoms with Crippen molar-refractivity contribution in [2.24, 2.45) is 11.3 Å². The van der Waals surface area contributed by atoms with E-state index in [0.29, 0.717) is 19.3 Å². The first-order valence-electron chi connectivity index (χ1n) is 18.9. The van der Waals surface area contributed by atoms with E-state index in [9.17, 15) is 27.6 Å². The fraction of sp³-hybridized carbons (Fsp3) is 0.575. The molecule has 3 N–H and O–H groups in total. The SMILES string of the molecule is C=CC(C)C[C@@H](NC(=O)[C@@H]1C[C@@H](OC2C=Cc3ncn(-c4ccccc4)c3C2)CN1C(=O)[C@@H](NC(=O)OC(C)(C)C)C(C)(C)C)C(=O)NS(=O)(=O)C1(C)CC1. The van der Waals surface area contributed by atoms with Crippen LogP contribution in [0, 0.1) is 11.3 Å². The molecule has 1 saturated carbocycles. The average molecular weight is 781 g/mol. The highest BCUT2D eigenvalue weighted by Gasteiger charge is 2.52. The van der Waals surface area contributed by atoms with Gasteiger partial charge in [0.15, 0.2) is 0 Å². The maximum absolute atomic E-state index is 14.5. The minimum atomic E-state index is -3.99. The summed E-state index contributed by atoms with van der Waals surface area (Å²) in [6, 6.07) is 6.35. The smallest absolute Gasteiger partial charge is 0.408 e. The zero-order valence-corrected chi connectivity index (χ0v) is 33.9. The summed E-state index contributed by atoms with van der Waals surface area (Å²) in [4.78, 5) is 61.3. The Morgan fingerprint density at radius 2 is 1.75 bits per heavy atom. The van der Waals surface area contributed by atoms with Crippen molar-refractivity contribution in [3.8, 4) is 5.69 Å². The van der Waals surface area contributed by atoms with Gasteiger partial charge in [-0.15, -0.1) is 6.58 Å². The number of nitrogens with one attached hydrogen (secondary N) is 3. The van der Waals surface area contributed by atoms with E-state index in [0.717, 1.165) is 17.1 Å². The molecular weight excluding hydrogens is 725 g/mol. The molecule has 55 heavy (non-hydrogen) atoms. The minimum absolute atomic E-state index is 0.0152. The van der Waals surface area contributed by atoms with Crippen LogP contribution in [0.4, 0.5) is 4.79 Å². The van der Waals surface area contributed by atoms with Crippen LogP contribution in [-0.2, 0) is 40.3 Å². The molecule has 2 unspecified atom stereocenters. The molecule has 0 bridgehead atoms. The van der Waals surface area contributed by atoms with E-state index in [1.54, 1.807) is 67.8 Å². The van der Waals surface area contributed by atoms with E-state index < -0.39 is 79.9 Å². The lowest BCUT2D eigenvalue weighted by atomic mass is 9.85. The first kappa shape index (κ1) is 41.7. The van der Waals surface area contributed by atoms with Crippen molar-refractivity contribution in [1.29, 1.82) is 0 Å². The van der Waals surface area contributed by atoms with Crippen molar-refractivity contribution in [3.63, 3.8) is 0 Å². The lowest BCUT2D eigenvalue weighted by Crippen LogP contribution is -2.59. The van der Waals surface area contributed by atoms with Gasteiger partial charge in [0.05, 0.1) is 28.3 Å². The highest BCUT2D eigenvalue weighted by Crippen LogP contribution is 2.42. The highest BCUT2D eigenvalue weighted by atomic mass is 32.2. The molecule has 2 fully saturated rings. The summed E-state index contributed by atoms with van der Waals surface area (Å²) < 4.78 is 41.3. The summed E-state index contributed by atoms with van der Waals surface area (Å²) in [5.41, 5.74) is 1.10. The molecule has 1 aromatic carbocycles. The molecular formula is C40H56N6O8S. The zero-order chi connectivity index (χ0) is 40.5. The monoisotopic (exact) mass is 780 g/mol. The number of hydrogen-bond donors (Lipinski definition) is 3. The molecule has 14 nitrogen and oxygen atoms in total. The second kappa shape index (κ2) is 15.9. The van der Waals surface area contributed by atoms with Gasteiger partial charge in [0.25, 0.3) is 5.91 Å². The number of aromatic nitrogens is 2. The number of fused-ring (bicyclic) bond motifs is 1. The lowest BCUT2D eigenvalue weighted by molar-refractivity contribution is -0.142. The number of benzene rings is 1. The summed E-state index contributed by atoms with van der Waals surface area (Å²) >= 11 is 0. The van der Waals surface area contributed by atoms with Crippen molar-refractivity contribution < 1.29 is 37.1 Å². The van der Waals surface area contributed by atoms with Gasteiger partial charge in [0.1, 0.15) is 30.1 Å². The van der Waals surface area contributed by atoms with Crippen LogP contribution in [0.15, 0.2) is 55.4 Å². The fourth-order valence-electron chi connectivity index (χ4n) is 6.71. The van der Waals surface area contributed by atoms with E-state index >= 15 is 0 Å². The molecule has 2 aliphatic carbocycles. The van der Waals surface area contributed by atoms with Gasteiger partial charge in [-0.3, -0.25) is 19.1 Å². The van der Waals surface area contributed by atoms with Crippen molar-refractivity contribution >= 4 is 39.9 Å². The standard InChI is InChI=1S/C40H56N6O8S/c1-10-25(2)20-30(34(47)44-55(51,52)40(9)18-19-40)42-35(48)32-22-28(23-45(32)36(49)33(38(3,4)5)43-37(50)54-39(6,7)8)53-27-16-17-29-31(21-27)46(24-41-29)26-14-12-11-13-15-26/h10-17,24-25,27-28,30,32-33H,1,18-23H2,2-9H3,(H,42,48)(H,43,50)(H,44,47)/t25?,27?,28-,30-,32+,33-/m1/s1. The Labute approximate surface area is 324 Å². The van der Waals surface area contributed by atoms with Crippen LogP contribution in [0.1, 0.15) is 92.5 Å². The van der Waals surface area contributed by atoms with Crippen molar-refractivity contribution in [2.75, 3.05) is 6.54 Å². The predicted molar refractivity (Wildman–Crippen MR) is 208 cm³/mol. The van der Waals surface area contributed by atoms with Crippen LogP contribution in [-0.4, -0.2) is 93.9 Å². The first-order chi connectivity index (χ1) is 25.6. The molecule has 1 aromatic heterocycles. The van der Waals surface area contributed by atoms with E-state index in [-0.39, 0.29) is 25.3 Å². The second-order valence-corrected chi connectivity index (χ2v) is 19.5. The number of alkyl carbamates (subject to hydrolysis) is 1. The molecule has 2 aromatic rings. The number of carbonyl (C=O) groups is 4. The van der Waals surface area contributed by atoms with Gasteiger partial charge in [-0.2, -0.15) is 0 Å². The number of amides is 4.